The quantitative estimate of drug-likeness (QED) is 0.219. The van der Waals surface area contributed by atoms with Crippen LogP contribution in [0.3, 0.4) is 0 Å². The second-order valence-electron chi connectivity index (χ2n) is 11.5. The molecule has 2 heterocycles. The monoisotopic (exact) mass is 652 g/mol. The van der Waals surface area contributed by atoms with Crippen molar-refractivity contribution in [3.8, 4) is 17.2 Å². The third-order valence-corrected chi connectivity index (χ3v) is 9.05. The lowest BCUT2D eigenvalue weighted by Gasteiger charge is -2.20. The molecule has 1 aliphatic carbocycles. The average molecular weight is 654 g/mol. The number of carbonyl (C=O) groups is 1. The molecule has 1 amide bonds. The van der Waals surface area contributed by atoms with E-state index >= 15 is 0 Å². The Morgan fingerprint density at radius 2 is 1.79 bits per heavy atom. The van der Waals surface area contributed by atoms with E-state index in [1.54, 1.807) is 12.1 Å². The highest BCUT2D eigenvalue weighted by atomic mass is 79.9. The molecular weight excluding hydrogens is 616 g/mol. The first-order valence-electron chi connectivity index (χ1n) is 14.5. The maximum Gasteiger partial charge on any atom is 0.283 e. The third kappa shape index (κ3) is 6.92. The number of rotatable bonds is 9. The van der Waals surface area contributed by atoms with Gasteiger partial charge in [0.15, 0.2) is 17.3 Å². The van der Waals surface area contributed by atoms with Gasteiger partial charge in [-0.1, -0.05) is 52.2 Å². The lowest BCUT2D eigenvalue weighted by atomic mass is 9.87. The number of hydrazone groups is 1. The summed E-state index contributed by atoms with van der Waals surface area (Å²) in [5, 5.41) is 16.4. The SMILES string of the molecule is CCOc1cc(/C=C2/C(=N)N3N=C(C4CCCCC4)SC3=NC2=O)cc(Br)c1OCCOc1ccc(C(C)(C)C)cc1. The van der Waals surface area contributed by atoms with Crippen LogP contribution in [0, 0.1) is 11.3 Å². The molecular formula is C32H37BrN4O4S. The van der Waals surface area contributed by atoms with Crippen LogP contribution >= 0.6 is 27.7 Å². The van der Waals surface area contributed by atoms with Gasteiger partial charge in [0.25, 0.3) is 5.91 Å². The molecule has 3 aliphatic rings. The lowest BCUT2D eigenvalue weighted by Crippen LogP contribution is -2.35. The van der Waals surface area contributed by atoms with Crippen molar-refractivity contribution in [2.45, 2.75) is 65.2 Å². The summed E-state index contributed by atoms with van der Waals surface area (Å²) in [6.07, 6.45) is 7.47. The number of carbonyl (C=O) groups excluding carboxylic acids is 1. The number of hydrogen-bond acceptors (Lipinski definition) is 7. The number of thioether (sulfide) groups is 1. The van der Waals surface area contributed by atoms with Crippen LogP contribution in [0.1, 0.15) is 70.9 Å². The number of halogens is 1. The van der Waals surface area contributed by atoms with Gasteiger partial charge in [0.05, 0.1) is 16.7 Å². The molecule has 0 saturated heterocycles. The summed E-state index contributed by atoms with van der Waals surface area (Å²) in [4.78, 5) is 17.3. The molecule has 0 radical (unpaired) electrons. The van der Waals surface area contributed by atoms with Crippen LogP contribution in [0.25, 0.3) is 6.08 Å². The maximum absolute atomic E-state index is 13.0. The number of nitrogens with zero attached hydrogens (tertiary/aromatic N) is 3. The average Bonchev–Trinajstić information content (AvgIpc) is 3.39. The van der Waals surface area contributed by atoms with Crippen molar-refractivity contribution in [1.29, 1.82) is 5.41 Å². The first-order valence-corrected chi connectivity index (χ1v) is 16.1. The number of hydrogen-bond donors (Lipinski definition) is 1. The number of fused-ring (bicyclic) bond motifs is 1. The summed E-state index contributed by atoms with van der Waals surface area (Å²) in [7, 11) is 0. The zero-order valence-corrected chi connectivity index (χ0v) is 26.9. The van der Waals surface area contributed by atoms with Crippen molar-refractivity contribution in [1.82, 2.24) is 5.01 Å². The molecule has 1 fully saturated rings. The Morgan fingerprint density at radius 3 is 2.48 bits per heavy atom. The minimum absolute atomic E-state index is 0.0328. The van der Waals surface area contributed by atoms with Crippen molar-refractivity contribution in [2.75, 3.05) is 19.8 Å². The van der Waals surface area contributed by atoms with E-state index in [4.69, 9.17) is 24.7 Å². The van der Waals surface area contributed by atoms with Gasteiger partial charge in [0.1, 0.15) is 24.0 Å². The molecule has 2 aromatic carbocycles. The topological polar surface area (TPSA) is 96.6 Å². The van der Waals surface area contributed by atoms with E-state index in [1.807, 2.05) is 25.1 Å². The number of nitrogens with one attached hydrogen (secondary N) is 1. The fraction of sp³-hybridized carbons (Fsp3) is 0.438. The minimum Gasteiger partial charge on any atom is -0.490 e. The third-order valence-electron chi connectivity index (χ3n) is 7.39. The normalized spacial score (nSPS) is 18.6. The zero-order valence-electron chi connectivity index (χ0n) is 24.5. The van der Waals surface area contributed by atoms with E-state index in [-0.39, 0.29) is 16.8 Å². The van der Waals surface area contributed by atoms with E-state index in [2.05, 4.69) is 53.8 Å². The van der Waals surface area contributed by atoms with Gasteiger partial charge >= 0.3 is 0 Å². The highest BCUT2D eigenvalue weighted by Crippen LogP contribution is 2.39. The lowest BCUT2D eigenvalue weighted by molar-refractivity contribution is -0.114. The van der Waals surface area contributed by atoms with Crippen molar-refractivity contribution in [3.05, 3.63) is 57.6 Å². The van der Waals surface area contributed by atoms with Gasteiger partial charge in [-0.2, -0.15) is 15.1 Å². The molecule has 2 aromatic rings. The Morgan fingerprint density at radius 1 is 1.07 bits per heavy atom. The second-order valence-corrected chi connectivity index (χ2v) is 13.4. The molecule has 5 rings (SSSR count). The van der Waals surface area contributed by atoms with Crippen LogP contribution < -0.4 is 14.2 Å². The fourth-order valence-electron chi connectivity index (χ4n) is 5.12. The summed E-state index contributed by atoms with van der Waals surface area (Å²) in [5.41, 5.74) is 2.20. The van der Waals surface area contributed by atoms with Crippen molar-refractivity contribution in [3.63, 3.8) is 0 Å². The van der Waals surface area contributed by atoms with Crippen LogP contribution in [-0.2, 0) is 10.2 Å². The Bertz CT molecular complexity index is 1440. The number of amidine groups is 2. The van der Waals surface area contributed by atoms with E-state index in [9.17, 15) is 4.79 Å². The molecule has 0 unspecified atom stereocenters. The predicted molar refractivity (Wildman–Crippen MR) is 173 cm³/mol. The van der Waals surface area contributed by atoms with Gasteiger partial charge < -0.3 is 14.2 Å². The minimum atomic E-state index is -0.444. The fourth-order valence-corrected chi connectivity index (χ4v) is 6.75. The van der Waals surface area contributed by atoms with Crippen molar-refractivity contribution >= 4 is 55.7 Å². The molecule has 2 aliphatic heterocycles. The number of benzene rings is 2. The molecule has 0 atom stereocenters. The molecule has 42 heavy (non-hydrogen) atoms. The second kappa shape index (κ2) is 13.0. The van der Waals surface area contributed by atoms with Crippen LogP contribution in [-0.4, -0.2) is 46.8 Å². The zero-order chi connectivity index (χ0) is 29.9. The first kappa shape index (κ1) is 30.4. The van der Waals surface area contributed by atoms with E-state index < -0.39 is 5.91 Å². The smallest absolute Gasteiger partial charge is 0.283 e. The van der Waals surface area contributed by atoms with E-state index in [0.29, 0.717) is 52.4 Å². The summed E-state index contributed by atoms with van der Waals surface area (Å²) in [6.45, 7) is 9.56. The van der Waals surface area contributed by atoms with Crippen LogP contribution in [0.5, 0.6) is 17.2 Å². The van der Waals surface area contributed by atoms with Gasteiger partial charge in [-0.15, -0.1) is 0 Å². The van der Waals surface area contributed by atoms with Gasteiger partial charge in [-0.25, -0.2) is 0 Å². The Balaban J connectivity index is 1.27. The Kier molecular flexibility index (Phi) is 9.42. The molecule has 0 aromatic heterocycles. The predicted octanol–water partition coefficient (Wildman–Crippen LogP) is 7.80. The van der Waals surface area contributed by atoms with Gasteiger partial charge in [-0.3, -0.25) is 10.2 Å². The van der Waals surface area contributed by atoms with Crippen molar-refractivity contribution in [2.24, 2.45) is 16.0 Å². The van der Waals surface area contributed by atoms with Gasteiger partial charge in [0, 0.05) is 5.92 Å². The molecule has 8 nitrogen and oxygen atoms in total. The van der Waals surface area contributed by atoms with Crippen LogP contribution in [0.4, 0.5) is 0 Å². The molecule has 1 saturated carbocycles. The molecule has 10 heteroatoms. The molecule has 1 N–H and O–H groups in total. The summed E-state index contributed by atoms with van der Waals surface area (Å²) < 4.78 is 18.5. The maximum atomic E-state index is 13.0. The van der Waals surface area contributed by atoms with Crippen molar-refractivity contribution < 1.29 is 19.0 Å². The summed E-state index contributed by atoms with van der Waals surface area (Å²) in [6, 6.07) is 11.8. The van der Waals surface area contributed by atoms with Gasteiger partial charge in [-0.05, 0) is 94.3 Å². The Hall–Kier alpha value is -3.11. The number of amides is 1. The van der Waals surface area contributed by atoms with Crippen LogP contribution in [0.15, 0.2) is 56.5 Å². The van der Waals surface area contributed by atoms with E-state index in [0.717, 1.165) is 23.6 Å². The number of aliphatic imine (C=N–C) groups is 1. The number of ether oxygens (including phenoxy) is 3. The highest BCUT2D eigenvalue weighted by Gasteiger charge is 2.38. The Labute approximate surface area is 260 Å². The highest BCUT2D eigenvalue weighted by molar-refractivity contribution is 9.10. The van der Waals surface area contributed by atoms with Gasteiger partial charge in [0.2, 0.25) is 5.17 Å². The molecule has 0 bridgehead atoms. The first-order chi connectivity index (χ1) is 20.1. The molecule has 0 spiro atoms. The summed E-state index contributed by atoms with van der Waals surface area (Å²) >= 11 is 5.03. The molecule has 222 valence electrons. The summed E-state index contributed by atoms with van der Waals surface area (Å²) in [5.74, 6) is 1.83. The largest absolute Gasteiger partial charge is 0.490 e. The van der Waals surface area contributed by atoms with E-state index in [1.165, 1.54) is 41.6 Å². The van der Waals surface area contributed by atoms with Crippen LogP contribution in [0.2, 0.25) is 0 Å². The standard InChI is InChI=1S/C32H37BrN4O4S/c1-5-39-26-19-20(18-25(33)27(26)41-16-15-40-23-13-11-22(12-14-23)32(2,3)4)17-24-28(34)37-31(35-29(24)38)42-30(36-37)21-9-7-6-8-10-21/h11-14,17-19,21,34H,5-10,15-16H2,1-4H3/b24-17-,34-28?.